The van der Waals surface area contributed by atoms with Gasteiger partial charge in [-0.3, -0.25) is 4.79 Å². The quantitative estimate of drug-likeness (QED) is 0.672. The predicted octanol–water partition coefficient (Wildman–Crippen LogP) is 2.64. The number of rotatable bonds is 6. The van der Waals surface area contributed by atoms with E-state index in [1.54, 1.807) is 0 Å². The van der Waals surface area contributed by atoms with Crippen LogP contribution in [0.1, 0.15) is 39.0 Å². The molecule has 0 aromatic rings. The van der Waals surface area contributed by atoms with Crippen molar-refractivity contribution in [1.29, 1.82) is 0 Å². The monoisotopic (exact) mass is 211 g/mol. The average molecular weight is 211 g/mol. The zero-order valence-corrected chi connectivity index (χ0v) is 8.28. The second-order valence-electron chi connectivity index (χ2n) is 3.20. The molecule has 0 fully saturated rings. The summed E-state index contributed by atoms with van der Waals surface area (Å²) in [7, 11) is 0. The van der Waals surface area contributed by atoms with Gasteiger partial charge in [-0.1, -0.05) is 26.2 Å². The average Bonchev–Trinajstić information content (AvgIpc) is 2.00. The fourth-order valence-electron chi connectivity index (χ4n) is 1.02. The van der Waals surface area contributed by atoms with Crippen molar-refractivity contribution in [3.05, 3.63) is 0 Å². The molecule has 0 aliphatic heterocycles. The second-order valence-corrected chi connectivity index (χ2v) is 3.20. The zero-order valence-electron chi connectivity index (χ0n) is 8.28. The van der Waals surface area contributed by atoms with Gasteiger partial charge in [-0.25, -0.2) is 0 Å². The van der Waals surface area contributed by atoms with Gasteiger partial charge in [0.05, 0.1) is 0 Å². The Balaban J connectivity index is 3.36. The summed E-state index contributed by atoms with van der Waals surface area (Å²) in [6.07, 6.45) is -1.96. The summed E-state index contributed by atoms with van der Waals surface area (Å²) < 4.78 is 35.0. The molecule has 0 bridgehead atoms. The molecule has 0 aromatic carbocycles. The molecule has 0 saturated carbocycles. The van der Waals surface area contributed by atoms with E-state index in [0.29, 0.717) is 6.54 Å². The third kappa shape index (κ3) is 9.35. The molecule has 1 amide bonds. The van der Waals surface area contributed by atoms with Crippen LogP contribution in [0.3, 0.4) is 0 Å². The molecule has 0 atom stereocenters. The molecule has 0 rings (SSSR count). The first kappa shape index (κ1) is 13.3. The summed E-state index contributed by atoms with van der Waals surface area (Å²) >= 11 is 0. The van der Waals surface area contributed by atoms with E-state index >= 15 is 0 Å². The Morgan fingerprint density at radius 3 is 2.36 bits per heavy atom. The first-order chi connectivity index (χ1) is 6.45. The van der Waals surface area contributed by atoms with Crippen molar-refractivity contribution in [2.45, 2.75) is 45.2 Å². The van der Waals surface area contributed by atoms with Crippen molar-refractivity contribution in [2.75, 3.05) is 6.54 Å². The zero-order chi connectivity index (χ0) is 11.0. The van der Waals surface area contributed by atoms with E-state index in [4.69, 9.17) is 0 Å². The Morgan fingerprint density at radius 1 is 1.21 bits per heavy atom. The van der Waals surface area contributed by atoms with Crippen LogP contribution < -0.4 is 5.32 Å². The minimum atomic E-state index is -4.40. The molecule has 0 spiro atoms. The summed E-state index contributed by atoms with van der Waals surface area (Å²) in [5.74, 6) is -0.936. The largest absolute Gasteiger partial charge is 0.397 e. The number of nitrogens with one attached hydrogen (secondary N) is 1. The van der Waals surface area contributed by atoms with E-state index in [0.717, 1.165) is 25.7 Å². The van der Waals surface area contributed by atoms with Crippen molar-refractivity contribution >= 4 is 5.91 Å². The van der Waals surface area contributed by atoms with Gasteiger partial charge in [-0.2, -0.15) is 13.2 Å². The van der Waals surface area contributed by atoms with Gasteiger partial charge >= 0.3 is 6.18 Å². The molecule has 14 heavy (non-hydrogen) atoms. The van der Waals surface area contributed by atoms with E-state index in [2.05, 4.69) is 5.32 Å². The van der Waals surface area contributed by atoms with E-state index < -0.39 is 18.5 Å². The molecule has 1 N–H and O–H groups in total. The van der Waals surface area contributed by atoms with Gasteiger partial charge in [0, 0.05) is 6.54 Å². The maximum atomic E-state index is 11.7. The highest BCUT2D eigenvalue weighted by atomic mass is 19.4. The first-order valence-corrected chi connectivity index (χ1v) is 4.79. The van der Waals surface area contributed by atoms with Crippen molar-refractivity contribution in [2.24, 2.45) is 0 Å². The fourth-order valence-corrected chi connectivity index (χ4v) is 1.02. The lowest BCUT2D eigenvalue weighted by Crippen LogP contribution is -2.29. The number of carbonyl (C=O) groups excluding carboxylic acids is 1. The standard InChI is InChI=1S/C9H16F3NO/c1-2-3-4-5-6-13-8(14)7-9(10,11)12/h2-7H2,1H3,(H,13,14). The summed E-state index contributed by atoms with van der Waals surface area (Å²) in [5.41, 5.74) is 0. The highest BCUT2D eigenvalue weighted by molar-refractivity contribution is 5.76. The summed E-state index contributed by atoms with van der Waals surface area (Å²) in [6, 6.07) is 0. The predicted molar refractivity (Wildman–Crippen MR) is 47.8 cm³/mol. The van der Waals surface area contributed by atoms with Gasteiger partial charge in [-0.05, 0) is 6.42 Å². The SMILES string of the molecule is CCCCCCNC(=O)CC(F)(F)F. The van der Waals surface area contributed by atoms with E-state index in [-0.39, 0.29) is 0 Å². The van der Waals surface area contributed by atoms with Crippen molar-refractivity contribution in [3.63, 3.8) is 0 Å². The number of amides is 1. The van der Waals surface area contributed by atoms with Crippen LogP contribution in [0.15, 0.2) is 0 Å². The number of halogens is 3. The molecule has 5 heteroatoms. The number of unbranched alkanes of at least 4 members (excludes halogenated alkanes) is 3. The molecule has 0 aliphatic rings. The minimum absolute atomic E-state index is 0.342. The molecular weight excluding hydrogens is 195 g/mol. The summed E-state index contributed by atoms with van der Waals surface area (Å²) in [4.78, 5) is 10.7. The van der Waals surface area contributed by atoms with Crippen molar-refractivity contribution in [3.8, 4) is 0 Å². The Morgan fingerprint density at radius 2 is 1.86 bits per heavy atom. The molecular formula is C9H16F3NO. The van der Waals surface area contributed by atoms with Gasteiger partial charge < -0.3 is 5.32 Å². The molecule has 2 nitrogen and oxygen atoms in total. The minimum Gasteiger partial charge on any atom is -0.356 e. The Bertz CT molecular complexity index is 168. The fraction of sp³-hybridized carbons (Fsp3) is 0.889. The number of carbonyl (C=O) groups is 1. The van der Waals surface area contributed by atoms with Crippen LogP contribution >= 0.6 is 0 Å². The molecule has 0 radical (unpaired) electrons. The van der Waals surface area contributed by atoms with Crippen LogP contribution in [-0.2, 0) is 4.79 Å². The van der Waals surface area contributed by atoms with Gasteiger partial charge in [-0.15, -0.1) is 0 Å². The maximum absolute atomic E-state index is 11.7. The molecule has 0 aliphatic carbocycles. The maximum Gasteiger partial charge on any atom is 0.397 e. The number of alkyl halides is 3. The first-order valence-electron chi connectivity index (χ1n) is 4.79. The molecule has 0 aromatic heterocycles. The number of hydrogen-bond donors (Lipinski definition) is 1. The summed E-state index contributed by atoms with van der Waals surface area (Å²) in [5, 5.41) is 2.24. The molecule has 0 unspecified atom stereocenters. The summed E-state index contributed by atoms with van der Waals surface area (Å²) in [6.45, 7) is 2.39. The van der Waals surface area contributed by atoms with Crippen LogP contribution in [0.5, 0.6) is 0 Å². The highest BCUT2D eigenvalue weighted by Gasteiger charge is 2.30. The van der Waals surface area contributed by atoms with E-state index in [9.17, 15) is 18.0 Å². The third-order valence-electron chi connectivity index (χ3n) is 1.71. The lowest BCUT2D eigenvalue weighted by molar-refractivity contribution is -0.153. The van der Waals surface area contributed by atoms with Crippen molar-refractivity contribution < 1.29 is 18.0 Å². The van der Waals surface area contributed by atoms with Gasteiger partial charge in [0.15, 0.2) is 0 Å². The van der Waals surface area contributed by atoms with Gasteiger partial charge in [0.25, 0.3) is 0 Å². The molecule has 0 heterocycles. The topological polar surface area (TPSA) is 29.1 Å². The van der Waals surface area contributed by atoms with E-state index in [1.165, 1.54) is 0 Å². The third-order valence-corrected chi connectivity index (χ3v) is 1.71. The lowest BCUT2D eigenvalue weighted by atomic mass is 10.2. The van der Waals surface area contributed by atoms with E-state index in [1.807, 2.05) is 6.92 Å². The van der Waals surface area contributed by atoms with Gasteiger partial charge in [0.1, 0.15) is 6.42 Å². The Kier molecular flexibility index (Phi) is 6.32. The normalized spacial score (nSPS) is 11.4. The van der Waals surface area contributed by atoms with Gasteiger partial charge in [0.2, 0.25) is 5.91 Å². The van der Waals surface area contributed by atoms with Crippen molar-refractivity contribution in [1.82, 2.24) is 5.32 Å². The lowest BCUT2D eigenvalue weighted by Gasteiger charge is -2.07. The van der Waals surface area contributed by atoms with Crippen LogP contribution in [0.25, 0.3) is 0 Å². The molecule has 84 valence electrons. The smallest absolute Gasteiger partial charge is 0.356 e. The van der Waals surface area contributed by atoms with Crippen LogP contribution in [-0.4, -0.2) is 18.6 Å². The Hall–Kier alpha value is -0.740. The van der Waals surface area contributed by atoms with Crippen LogP contribution in [0, 0.1) is 0 Å². The van der Waals surface area contributed by atoms with Crippen LogP contribution in [0.2, 0.25) is 0 Å². The number of hydrogen-bond acceptors (Lipinski definition) is 1. The Labute approximate surface area is 81.9 Å². The second kappa shape index (κ2) is 6.68. The molecule has 0 saturated heterocycles. The highest BCUT2D eigenvalue weighted by Crippen LogP contribution is 2.18. The van der Waals surface area contributed by atoms with Crippen LogP contribution in [0.4, 0.5) is 13.2 Å².